The highest BCUT2D eigenvalue weighted by molar-refractivity contribution is 5.76. The highest BCUT2D eigenvalue weighted by Crippen LogP contribution is 2.15. The van der Waals surface area contributed by atoms with E-state index in [4.69, 9.17) is 0 Å². The largest absolute Gasteiger partial charge is 0.340 e. The molecule has 2 rings (SSSR count). The van der Waals surface area contributed by atoms with Crippen LogP contribution in [0.25, 0.3) is 0 Å². The molecule has 0 radical (unpaired) electrons. The number of piperazine rings is 1. The Balaban J connectivity index is 1.75. The number of carbonyl (C=O) groups excluding carboxylic acids is 1. The lowest BCUT2D eigenvalue weighted by atomic mass is 10.0. The van der Waals surface area contributed by atoms with Gasteiger partial charge in [-0.2, -0.15) is 0 Å². The van der Waals surface area contributed by atoms with Crippen LogP contribution in [0.1, 0.15) is 32.6 Å². The van der Waals surface area contributed by atoms with Gasteiger partial charge in [0.1, 0.15) is 0 Å². The Morgan fingerprint density at radius 2 is 1.82 bits per heavy atom. The van der Waals surface area contributed by atoms with Gasteiger partial charge in [-0.15, -0.1) is 0 Å². The summed E-state index contributed by atoms with van der Waals surface area (Å²) in [5.74, 6) is 0.345. The fraction of sp³-hybridized carbons (Fsp3) is 0.923. The van der Waals surface area contributed by atoms with Crippen LogP contribution in [0.15, 0.2) is 0 Å². The number of carbonyl (C=O) groups is 1. The quantitative estimate of drug-likeness (QED) is 0.787. The molecule has 1 N–H and O–H groups in total. The second kappa shape index (κ2) is 6.36. The molecule has 0 aliphatic carbocycles. The van der Waals surface area contributed by atoms with Crippen molar-refractivity contribution in [2.75, 3.05) is 39.3 Å². The predicted molar refractivity (Wildman–Crippen MR) is 69.0 cm³/mol. The molecular formula is C13H25N3O. The SMILES string of the molecule is CCCC(=O)N1CCN(C2CCNCC2)CC1. The van der Waals surface area contributed by atoms with Crippen molar-refractivity contribution in [1.82, 2.24) is 15.1 Å². The predicted octanol–water partition coefficient (Wildman–Crippen LogP) is 0.683. The van der Waals surface area contributed by atoms with Gasteiger partial charge in [-0.3, -0.25) is 9.69 Å². The Hall–Kier alpha value is -0.610. The van der Waals surface area contributed by atoms with Crippen molar-refractivity contribution in [3.63, 3.8) is 0 Å². The number of amides is 1. The first-order valence-corrected chi connectivity index (χ1v) is 7.04. The Kier molecular flexibility index (Phi) is 4.80. The molecule has 4 heteroatoms. The summed E-state index contributed by atoms with van der Waals surface area (Å²) >= 11 is 0. The molecule has 4 nitrogen and oxygen atoms in total. The van der Waals surface area contributed by atoms with Crippen molar-refractivity contribution in [3.8, 4) is 0 Å². The third kappa shape index (κ3) is 3.42. The molecule has 0 unspecified atom stereocenters. The zero-order chi connectivity index (χ0) is 12.1. The first kappa shape index (κ1) is 12.8. The van der Waals surface area contributed by atoms with Gasteiger partial charge < -0.3 is 10.2 Å². The lowest BCUT2D eigenvalue weighted by molar-refractivity contribution is -0.133. The smallest absolute Gasteiger partial charge is 0.222 e. The summed E-state index contributed by atoms with van der Waals surface area (Å²) < 4.78 is 0. The Labute approximate surface area is 104 Å². The van der Waals surface area contributed by atoms with Crippen molar-refractivity contribution < 1.29 is 4.79 Å². The van der Waals surface area contributed by atoms with E-state index in [1.54, 1.807) is 0 Å². The molecule has 2 saturated heterocycles. The fourth-order valence-corrected chi connectivity index (χ4v) is 2.88. The topological polar surface area (TPSA) is 35.6 Å². The number of hydrogen-bond acceptors (Lipinski definition) is 3. The summed E-state index contributed by atoms with van der Waals surface area (Å²) in [5, 5.41) is 3.41. The van der Waals surface area contributed by atoms with Gasteiger partial charge in [0.25, 0.3) is 0 Å². The van der Waals surface area contributed by atoms with Crippen LogP contribution in [-0.4, -0.2) is 61.0 Å². The molecule has 17 heavy (non-hydrogen) atoms. The van der Waals surface area contributed by atoms with Crippen molar-refractivity contribution in [1.29, 1.82) is 0 Å². The minimum Gasteiger partial charge on any atom is -0.340 e. The second-order valence-electron chi connectivity index (χ2n) is 5.15. The monoisotopic (exact) mass is 239 g/mol. The molecule has 0 bridgehead atoms. The summed E-state index contributed by atoms with van der Waals surface area (Å²) in [6.07, 6.45) is 4.21. The van der Waals surface area contributed by atoms with Crippen molar-refractivity contribution in [3.05, 3.63) is 0 Å². The van der Waals surface area contributed by atoms with Crippen LogP contribution >= 0.6 is 0 Å². The van der Waals surface area contributed by atoms with Gasteiger partial charge >= 0.3 is 0 Å². The molecular weight excluding hydrogens is 214 g/mol. The van der Waals surface area contributed by atoms with Gasteiger partial charge in [-0.1, -0.05) is 6.92 Å². The zero-order valence-electron chi connectivity index (χ0n) is 11.0. The minimum absolute atomic E-state index is 0.345. The van der Waals surface area contributed by atoms with E-state index in [0.717, 1.165) is 51.7 Å². The zero-order valence-corrected chi connectivity index (χ0v) is 11.0. The van der Waals surface area contributed by atoms with E-state index in [2.05, 4.69) is 17.1 Å². The average Bonchev–Trinajstić information content (AvgIpc) is 2.40. The normalized spacial score (nSPS) is 23.9. The van der Waals surface area contributed by atoms with Crippen LogP contribution in [0.3, 0.4) is 0 Å². The van der Waals surface area contributed by atoms with Crippen LogP contribution in [-0.2, 0) is 4.79 Å². The van der Waals surface area contributed by atoms with Gasteiger partial charge in [-0.05, 0) is 32.4 Å². The Bertz CT molecular complexity index is 243. The summed E-state index contributed by atoms with van der Waals surface area (Å²) in [6.45, 7) is 8.38. The molecule has 98 valence electrons. The molecule has 0 aromatic rings. The maximum absolute atomic E-state index is 11.8. The van der Waals surface area contributed by atoms with Gasteiger partial charge in [-0.25, -0.2) is 0 Å². The van der Waals surface area contributed by atoms with Gasteiger partial charge in [0.05, 0.1) is 0 Å². The van der Waals surface area contributed by atoms with E-state index >= 15 is 0 Å². The maximum Gasteiger partial charge on any atom is 0.222 e. The highest BCUT2D eigenvalue weighted by atomic mass is 16.2. The van der Waals surface area contributed by atoms with Crippen molar-refractivity contribution in [2.24, 2.45) is 0 Å². The first-order valence-electron chi connectivity index (χ1n) is 7.04. The highest BCUT2D eigenvalue weighted by Gasteiger charge is 2.26. The van der Waals surface area contributed by atoms with E-state index in [1.807, 2.05) is 4.90 Å². The molecule has 2 aliphatic heterocycles. The molecule has 0 saturated carbocycles. The molecule has 2 aliphatic rings. The van der Waals surface area contributed by atoms with Gasteiger partial charge in [0.15, 0.2) is 0 Å². The molecule has 2 fully saturated rings. The third-order valence-electron chi connectivity index (χ3n) is 3.96. The third-order valence-corrected chi connectivity index (χ3v) is 3.96. The minimum atomic E-state index is 0.345. The second-order valence-corrected chi connectivity index (χ2v) is 5.15. The fourth-order valence-electron chi connectivity index (χ4n) is 2.88. The van der Waals surface area contributed by atoms with E-state index in [1.165, 1.54) is 12.8 Å². The first-order chi connectivity index (χ1) is 8.31. The number of hydrogen-bond donors (Lipinski definition) is 1. The van der Waals surface area contributed by atoms with E-state index in [0.29, 0.717) is 12.3 Å². The van der Waals surface area contributed by atoms with E-state index in [-0.39, 0.29) is 0 Å². The summed E-state index contributed by atoms with van der Waals surface area (Å²) in [6, 6.07) is 0.750. The van der Waals surface area contributed by atoms with Gasteiger partial charge in [0, 0.05) is 38.6 Å². The Morgan fingerprint density at radius 3 is 2.41 bits per heavy atom. The number of rotatable bonds is 3. The molecule has 0 aromatic carbocycles. The van der Waals surface area contributed by atoms with Crippen LogP contribution in [0.4, 0.5) is 0 Å². The summed E-state index contributed by atoms with van der Waals surface area (Å²) in [7, 11) is 0. The van der Waals surface area contributed by atoms with Crippen LogP contribution in [0.5, 0.6) is 0 Å². The van der Waals surface area contributed by atoms with Crippen molar-refractivity contribution >= 4 is 5.91 Å². The lowest BCUT2D eigenvalue weighted by Gasteiger charge is -2.40. The molecule has 2 heterocycles. The molecule has 0 atom stereocenters. The maximum atomic E-state index is 11.8. The standard InChI is InChI=1S/C13H25N3O/c1-2-3-13(17)16-10-8-15(9-11-16)12-4-6-14-7-5-12/h12,14H,2-11H2,1H3. The van der Waals surface area contributed by atoms with Crippen LogP contribution in [0, 0.1) is 0 Å². The molecule has 1 amide bonds. The van der Waals surface area contributed by atoms with E-state index < -0.39 is 0 Å². The number of piperidine rings is 1. The van der Waals surface area contributed by atoms with Crippen molar-refractivity contribution in [2.45, 2.75) is 38.6 Å². The number of nitrogens with zero attached hydrogens (tertiary/aromatic N) is 2. The Morgan fingerprint density at radius 1 is 1.18 bits per heavy atom. The van der Waals surface area contributed by atoms with Crippen LogP contribution in [0.2, 0.25) is 0 Å². The average molecular weight is 239 g/mol. The summed E-state index contributed by atoms with van der Waals surface area (Å²) in [4.78, 5) is 16.4. The number of nitrogens with one attached hydrogen (secondary N) is 1. The lowest BCUT2D eigenvalue weighted by Crippen LogP contribution is -2.53. The molecule has 0 spiro atoms. The van der Waals surface area contributed by atoms with Gasteiger partial charge in [0.2, 0.25) is 5.91 Å². The summed E-state index contributed by atoms with van der Waals surface area (Å²) in [5.41, 5.74) is 0. The molecule has 0 aromatic heterocycles. The van der Waals surface area contributed by atoms with Crippen LogP contribution < -0.4 is 5.32 Å². The van der Waals surface area contributed by atoms with E-state index in [9.17, 15) is 4.79 Å².